The van der Waals surface area contributed by atoms with Gasteiger partial charge in [-0.25, -0.2) is 4.79 Å². The van der Waals surface area contributed by atoms with E-state index >= 15 is 0 Å². The van der Waals surface area contributed by atoms with Crippen LogP contribution in [0.4, 0.5) is 0 Å². The van der Waals surface area contributed by atoms with Crippen LogP contribution in [-0.4, -0.2) is 23.2 Å². The van der Waals surface area contributed by atoms with Crippen LogP contribution in [0.3, 0.4) is 0 Å². The van der Waals surface area contributed by atoms with Gasteiger partial charge in [0.05, 0.1) is 12.8 Å². The molecule has 5 heteroatoms. The number of furan rings is 1. The second kappa shape index (κ2) is 13.4. The van der Waals surface area contributed by atoms with E-state index in [2.05, 4.69) is 10.6 Å². The Bertz CT molecular complexity index is 953. The van der Waals surface area contributed by atoms with E-state index in [-0.39, 0.29) is 0 Å². The molecule has 0 radical (unpaired) electrons. The van der Waals surface area contributed by atoms with Gasteiger partial charge in [-0.1, -0.05) is 99.2 Å². The third-order valence-electron chi connectivity index (χ3n) is 7.52. The minimum absolute atomic E-state index is 0.309. The first kappa shape index (κ1) is 26.2. The lowest BCUT2D eigenvalue weighted by molar-refractivity contribution is -0.143. The Morgan fingerprint density at radius 2 is 1.25 bits per heavy atom. The fraction of sp³-hybridized carbons (Fsp3) is 0.452. The lowest BCUT2D eigenvalue weighted by atomic mass is 9.82. The molecular weight excluding hydrogens is 448 g/mol. The predicted molar refractivity (Wildman–Crippen MR) is 144 cm³/mol. The van der Waals surface area contributed by atoms with E-state index < -0.39 is 11.5 Å². The topological polar surface area (TPSA) is 74.5 Å². The average Bonchev–Trinajstić information content (AvgIpc) is 3.46. The molecule has 0 saturated heterocycles. The maximum absolute atomic E-state index is 12.3. The number of hydrogen-bond acceptors (Lipinski definition) is 4. The van der Waals surface area contributed by atoms with Gasteiger partial charge in [0.2, 0.25) is 0 Å². The molecule has 192 valence electrons. The molecule has 0 bridgehead atoms. The van der Waals surface area contributed by atoms with E-state index in [0.717, 1.165) is 12.1 Å². The summed E-state index contributed by atoms with van der Waals surface area (Å²) in [6, 6.07) is 23.7. The van der Waals surface area contributed by atoms with Gasteiger partial charge in [0, 0.05) is 12.1 Å². The number of nitrogens with one attached hydrogen (secondary N) is 2. The smallest absolute Gasteiger partial charge is 0.333 e. The van der Waals surface area contributed by atoms with Gasteiger partial charge in [-0.15, -0.1) is 0 Å². The van der Waals surface area contributed by atoms with Gasteiger partial charge < -0.3 is 14.8 Å². The van der Waals surface area contributed by atoms with Crippen molar-refractivity contribution in [1.82, 2.24) is 10.6 Å². The first-order valence-corrected chi connectivity index (χ1v) is 13.6. The van der Waals surface area contributed by atoms with Crippen LogP contribution in [-0.2, 0) is 16.9 Å². The zero-order valence-electron chi connectivity index (χ0n) is 21.2. The number of hydrogen-bond donors (Lipinski definition) is 3. The molecule has 3 N–H and O–H groups in total. The van der Waals surface area contributed by atoms with Crippen LogP contribution in [0.1, 0.15) is 81.1 Å². The SMILES string of the molecule is C1CCC(NC2CCCCC2)CC1.O=C(O)C(NCc1ccco1)(c1ccccc1)c1ccccc1. The van der Waals surface area contributed by atoms with Crippen molar-refractivity contribution in [2.75, 3.05) is 0 Å². The Labute approximate surface area is 215 Å². The summed E-state index contributed by atoms with van der Waals surface area (Å²) in [7, 11) is 0. The molecule has 2 aromatic carbocycles. The molecule has 2 aliphatic rings. The molecule has 5 rings (SSSR count). The monoisotopic (exact) mass is 488 g/mol. The van der Waals surface area contributed by atoms with Gasteiger partial charge in [0.1, 0.15) is 5.76 Å². The highest BCUT2D eigenvalue weighted by Crippen LogP contribution is 2.31. The van der Waals surface area contributed by atoms with Gasteiger partial charge in [-0.2, -0.15) is 0 Å². The average molecular weight is 489 g/mol. The van der Waals surface area contributed by atoms with E-state index in [1.807, 2.05) is 66.7 Å². The molecule has 0 aliphatic heterocycles. The minimum Gasteiger partial charge on any atom is -0.479 e. The highest BCUT2D eigenvalue weighted by molar-refractivity contribution is 5.85. The molecule has 2 aliphatic carbocycles. The fourth-order valence-electron chi connectivity index (χ4n) is 5.57. The largest absolute Gasteiger partial charge is 0.479 e. The molecule has 2 saturated carbocycles. The molecule has 0 unspecified atom stereocenters. The van der Waals surface area contributed by atoms with Crippen molar-refractivity contribution in [1.29, 1.82) is 0 Å². The zero-order valence-corrected chi connectivity index (χ0v) is 21.2. The van der Waals surface area contributed by atoms with Crippen molar-refractivity contribution in [2.24, 2.45) is 0 Å². The van der Waals surface area contributed by atoms with Crippen LogP contribution in [0.25, 0.3) is 0 Å². The van der Waals surface area contributed by atoms with E-state index in [1.165, 1.54) is 64.2 Å². The quantitative estimate of drug-likeness (QED) is 0.331. The highest BCUT2D eigenvalue weighted by Gasteiger charge is 2.42. The number of carboxylic acids is 1. The van der Waals surface area contributed by atoms with E-state index in [0.29, 0.717) is 23.4 Å². The van der Waals surface area contributed by atoms with Crippen LogP contribution in [0, 0.1) is 0 Å². The summed E-state index contributed by atoms with van der Waals surface area (Å²) >= 11 is 0. The van der Waals surface area contributed by atoms with Gasteiger partial charge in [0.25, 0.3) is 0 Å². The van der Waals surface area contributed by atoms with Gasteiger partial charge >= 0.3 is 5.97 Å². The summed E-state index contributed by atoms with van der Waals surface area (Å²) in [4.78, 5) is 12.3. The third-order valence-corrected chi connectivity index (χ3v) is 7.52. The summed E-state index contributed by atoms with van der Waals surface area (Å²) in [5.74, 6) is -0.274. The second-order valence-electron chi connectivity index (χ2n) is 10.1. The van der Waals surface area contributed by atoms with Gasteiger partial charge in [0.15, 0.2) is 5.54 Å². The Hall–Kier alpha value is -2.89. The molecule has 3 aromatic rings. The Morgan fingerprint density at radius 1 is 0.750 bits per heavy atom. The fourth-order valence-corrected chi connectivity index (χ4v) is 5.57. The number of benzene rings is 2. The number of carbonyl (C=O) groups is 1. The normalized spacial score (nSPS) is 17.2. The molecule has 5 nitrogen and oxygen atoms in total. The van der Waals surface area contributed by atoms with Crippen LogP contribution in [0.5, 0.6) is 0 Å². The Morgan fingerprint density at radius 3 is 1.67 bits per heavy atom. The lowest BCUT2D eigenvalue weighted by Gasteiger charge is -2.31. The number of aliphatic carboxylic acids is 1. The van der Waals surface area contributed by atoms with Crippen molar-refractivity contribution in [3.8, 4) is 0 Å². The maximum atomic E-state index is 12.3. The summed E-state index contributed by atoms with van der Waals surface area (Å²) in [6.07, 6.45) is 16.1. The first-order valence-electron chi connectivity index (χ1n) is 13.6. The summed E-state index contributed by atoms with van der Waals surface area (Å²) in [6.45, 7) is 0.309. The molecule has 1 aromatic heterocycles. The lowest BCUT2D eigenvalue weighted by Crippen LogP contribution is -2.49. The van der Waals surface area contributed by atoms with Gasteiger partial charge in [-0.05, 0) is 48.9 Å². The van der Waals surface area contributed by atoms with E-state index in [9.17, 15) is 9.90 Å². The van der Waals surface area contributed by atoms with Crippen molar-refractivity contribution >= 4 is 5.97 Å². The number of carboxylic acid groups (broad SMARTS) is 1. The molecule has 1 heterocycles. The second-order valence-corrected chi connectivity index (χ2v) is 10.1. The molecule has 36 heavy (non-hydrogen) atoms. The van der Waals surface area contributed by atoms with E-state index in [1.54, 1.807) is 12.3 Å². The van der Waals surface area contributed by atoms with Crippen LogP contribution in [0.2, 0.25) is 0 Å². The van der Waals surface area contributed by atoms with Gasteiger partial charge in [-0.3, -0.25) is 5.32 Å². The third kappa shape index (κ3) is 6.86. The molecular formula is C31H40N2O3. The van der Waals surface area contributed by atoms with Crippen LogP contribution in [0.15, 0.2) is 83.5 Å². The summed E-state index contributed by atoms with van der Waals surface area (Å²) < 4.78 is 5.32. The first-order chi connectivity index (χ1) is 17.7. The van der Waals surface area contributed by atoms with Crippen molar-refractivity contribution in [3.63, 3.8) is 0 Å². The highest BCUT2D eigenvalue weighted by atomic mass is 16.4. The number of rotatable bonds is 8. The van der Waals surface area contributed by atoms with Crippen molar-refractivity contribution in [2.45, 2.75) is 88.4 Å². The van der Waals surface area contributed by atoms with Crippen LogP contribution >= 0.6 is 0 Å². The molecule has 0 spiro atoms. The summed E-state index contributed by atoms with van der Waals surface area (Å²) in [5.41, 5.74) is 0.00508. The predicted octanol–water partition coefficient (Wildman–Crippen LogP) is 6.64. The van der Waals surface area contributed by atoms with Crippen molar-refractivity contribution in [3.05, 3.63) is 95.9 Å². The zero-order chi connectivity index (χ0) is 25.1. The minimum atomic E-state index is -1.34. The van der Waals surface area contributed by atoms with Crippen molar-refractivity contribution < 1.29 is 14.3 Å². The molecule has 2 fully saturated rings. The molecule has 0 amide bonds. The standard InChI is InChI=1S/C19H17NO3.C12H23N/c21-18(22)19(15-8-3-1-4-9-15,16-10-5-2-6-11-16)20-14-17-12-7-13-23-17;1-3-7-11(8-4-1)13-12-9-5-2-6-10-12/h1-13,20H,14H2,(H,21,22);11-13H,1-10H2. The van der Waals surface area contributed by atoms with E-state index in [4.69, 9.17) is 4.42 Å². The Kier molecular flexibility index (Phi) is 9.76. The summed E-state index contributed by atoms with van der Waals surface area (Å²) in [5, 5.41) is 17.1. The maximum Gasteiger partial charge on any atom is 0.333 e. The molecule has 0 atom stereocenters. The van der Waals surface area contributed by atoms with Crippen LogP contribution < -0.4 is 10.6 Å². The Balaban J connectivity index is 0.000000197.